The number of carbonyl (C=O) groups excluding carboxylic acids is 1. The Hall–Kier alpha value is -1.81. The molecule has 0 saturated carbocycles. The minimum absolute atomic E-state index is 0.288. The van der Waals surface area contributed by atoms with Gasteiger partial charge in [0.05, 0.1) is 0 Å². The minimum atomic E-state index is 0.288. The highest BCUT2D eigenvalue weighted by molar-refractivity contribution is 5.81. The van der Waals surface area contributed by atoms with Crippen LogP contribution in [0.4, 0.5) is 0 Å². The van der Waals surface area contributed by atoms with Crippen LogP contribution >= 0.6 is 0 Å². The standard InChI is InChI=1S/C17H23N3O/c1-18-9-11-20(12-10-18)17(21)6-4-14-3-5-16-15(13-14)7-8-19(16)2/h3,5,7-8,13H,4,6,9-12H2,1-2H3. The maximum atomic E-state index is 12.2. The highest BCUT2D eigenvalue weighted by Crippen LogP contribution is 2.18. The summed E-state index contributed by atoms with van der Waals surface area (Å²) in [7, 11) is 4.16. The monoisotopic (exact) mass is 285 g/mol. The van der Waals surface area contributed by atoms with E-state index in [1.807, 2.05) is 4.90 Å². The lowest BCUT2D eigenvalue weighted by Gasteiger charge is -2.32. The van der Waals surface area contributed by atoms with Crippen molar-refractivity contribution in [1.82, 2.24) is 14.4 Å². The number of rotatable bonds is 3. The van der Waals surface area contributed by atoms with E-state index in [-0.39, 0.29) is 5.91 Å². The number of hydrogen-bond acceptors (Lipinski definition) is 2. The number of carbonyl (C=O) groups is 1. The van der Waals surface area contributed by atoms with Gasteiger partial charge >= 0.3 is 0 Å². The van der Waals surface area contributed by atoms with E-state index in [0.717, 1.165) is 32.6 Å². The Morgan fingerprint density at radius 3 is 2.62 bits per heavy atom. The fourth-order valence-electron chi connectivity index (χ4n) is 2.95. The van der Waals surface area contributed by atoms with Gasteiger partial charge in [0.15, 0.2) is 0 Å². The Kier molecular flexibility index (Phi) is 3.97. The van der Waals surface area contributed by atoms with Gasteiger partial charge in [0.2, 0.25) is 5.91 Å². The summed E-state index contributed by atoms with van der Waals surface area (Å²) in [6, 6.07) is 8.61. The smallest absolute Gasteiger partial charge is 0.222 e. The number of piperazine rings is 1. The van der Waals surface area contributed by atoms with Gasteiger partial charge in [0.25, 0.3) is 0 Å². The molecule has 21 heavy (non-hydrogen) atoms. The van der Waals surface area contributed by atoms with Crippen molar-refractivity contribution in [3.8, 4) is 0 Å². The lowest BCUT2D eigenvalue weighted by molar-refractivity contribution is -0.132. The second kappa shape index (κ2) is 5.90. The van der Waals surface area contributed by atoms with E-state index in [9.17, 15) is 4.79 Å². The quantitative estimate of drug-likeness (QED) is 0.861. The molecule has 2 heterocycles. The molecule has 0 bridgehead atoms. The van der Waals surface area contributed by atoms with Crippen molar-refractivity contribution in [2.24, 2.45) is 7.05 Å². The fraction of sp³-hybridized carbons (Fsp3) is 0.471. The number of amides is 1. The fourth-order valence-corrected chi connectivity index (χ4v) is 2.95. The molecule has 0 atom stereocenters. The van der Waals surface area contributed by atoms with Crippen molar-refractivity contribution >= 4 is 16.8 Å². The van der Waals surface area contributed by atoms with Gasteiger partial charge in [-0.25, -0.2) is 0 Å². The Balaban J connectivity index is 1.59. The van der Waals surface area contributed by atoms with Crippen molar-refractivity contribution in [3.63, 3.8) is 0 Å². The van der Waals surface area contributed by atoms with Crippen LogP contribution in [0.3, 0.4) is 0 Å². The number of nitrogens with zero attached hydrogens (tertiary/aromatic N) is 3. The minimum Gasteiger partial charge on any atom is -0.351 e. The van der Waals surface area contributed by atoms with Gasteiger partial charge in [0, 0.05) is 51.4 Å². The van der Waals surface area contributed by atoms with Gasteiger partial charge in [0.1, 0.15) is 0 Å². The van der Waals surface area contributed by atoms with Crippen molar-refractivity contribution < 1.29 is 4.79 Å². The maximum Gasteiger partial charge on any atom is 0.222 e. The van der Waals surface area contributed by atoms with Crippen LogP contribution < -0.4 is 0 Å². The third kappa shape index (κ3) is 3.10. The van der Waals surface area contributed by atoms with Crippen LogP contribution in [0, 0.1) is 0 Å². The molecule has 0 radical (unpaired) electrons. The molecule has 0 N–H and O–H groups in total. The number of fused-ring (bicyclic) bond motifs is 1. The van der Waals surface area contributed by atoms with Gasteiger partial charge < -0.3 is 14.4 Å². The molecule has 112 valence electrons. The highest BCUT2D eigenvalue weighted by Gasteiger charge is 2.18. The van der Waals surface area contributed by atoms with Crippen LogP contribution in [0.5, 0.6) is 0 Å². The largest absolute Gasteiger partial charge is 0.351 e. The molecule has 1 aliphatic rings. The van der Waals surface area contributed by atoms with Crippen LogP contribution in [0.25, 0.3) is 10.9 Å². The molecule has 0 aliphatic carbocycles. The zero-order chi connectivity index (χ0) is 14.8. The summed E-state index contributed by atoms with van der Waals surface area (Å²) < 4.78 is 2.12. The Bertz CT molecular complexity index is 639. The first-order valence-electron chi connectivity index (χ1n) is 7.64. The van der Waals surface area contributed by atoms with Gasteiger partial charge in [-0.1, -0.05) is 6.07 Å². The summed E-state index contributed by atoms with van der Waals surface area (Å²) in [5.74, 6) is 0.288. The molecule has 3 rings (SSSR count). The zero-order valence-corrected chi connectivity index (χ0v) is 12.9. The molecule has 1 amide bonds. The van der Waals surface area contributed by atoms with Crippen LogP contribution in [0.15, 0.2) is 30.5 Å². The Morgan fingerprint density at radius 1 is 1.10 bits per heavy atom. The Morgan fingerprint density at radius 2 is 1.86 bits per heavy atom. The van der Waals surface area contributed by atoms with Gasteiger partial charge in [-0.2, -0.15) is 0 Å². The summed E-state index contributed by atoms with van der Waals surface area (Å²) in [6.07, 6.45) is 3.52. The Labute approximate surface area is 125 Å². The summed E-state index contributed by atoms with van der Waals surface area (Å²) >= 11 is 0. The summed E-state index contributed by atoms with van der Waals surface area (Å²) in [4.78, 5) is 16.5. The third-order valence-electron chi connectivity index (χ3n) is 4.43. The average molecular weight is 285 g/mol. The molecular weight excluding hydrogens is 262 g/mol. The van der Waals surface area contributed by atoms with E-state index in [4.69, 9.17) is 0 Å². The molecule has 2 aromatic rings. The zero-order valence-electron chi connectivity index (χ0n) is 12.9. The molecule has 1 fully saturated rings. The number of aryl methyl sites for hydroxylation is 2. The molecule has 1 aliphatic heterocycles. The number of benzene rings is 1. The molecule has 4 nitrogen and oxygen atoms in total. The van der Waals surface area contributed by atoms with Crippen molar-refractivity contribution in [3.05, 3.63) is 36.0 Å². The van der Waals surface area contributed by atoms with Gasteiger partial charge in [-0.05, 0) is 42.6 Å². The van der Waals surface area contributed by atoms with E-state index in [1.54, 1.807) is 0 Å². The van der Waals surface area contributed by atoms with Gasteiger partial charge in [-0.15, -0.1) is 0 Å². The van der Waals surface area contributed by atoms with Gasteiger partial charge in [-0.3, -0.25) is 4.79 Å². The van der Waals surface area contributed by atoms with Crippen LogP contribution in [-0.2, 0) is 18.3 Å². The molecule has 1 saturated heterocycles. The first kappa shape index (κ1) is 14.1. The van der Waals surface area contributed by atoms with Crippen molar-refractivity contribution in [2.45, 2.75) is 12.8 Å². The van der Waals surface area contributed by atoms with E-state index >= 15 is 0 Å². The molecule has 1 aromatic carbocycles. The van der Waals surface area contributed by atoms with E-state index < -0.39 is 0 Å². The highest BCUT2D eigenvalue weighted by atomic mass is 16.2. The SMILES string of the molecule is CN1CCN(C(=O)CCc2ccc3c(ccn3C)c2)CC1. The van der Waals surface area contributed by atoms with E-state index in [1.165, 1.54) is 16.5 Å². The first-order chi connectivity index (χ1) is 10.1. The van der Waals surface area contributed by atoms with E-state index in [2.05, 4.69) is 54.0 Å². The van der Waals surface area contributed by atoms with Crippen LogP contribution in [0.2, 0.25) is 0 Å². The normalized spacial score (nSPS) is 16.6. The van der Waals surface area contributed by atoms with Crippen molar-refractivity contribution in [2.75, 3.05) is 33.2 Å². The predicted molar refractivity (Wildman–Crippen MR) is 85.3 cm³/mol. The number of aromatic nitrogens is 1. The van der Waals surface area contributed by atoms with Crippen molar-refractivity contribution in [1.29, 1.82) is 0 Å². The molecule has 1 aromatic heterocycles. The number of likely N-dealkylation sites (N-methyl/N-ethyl adjacent to an activating group) is 1. The maximum absolute atomic E-state index is 12.2. The second-order valence-electron chi connectivity index (χ2n) is 6.00. The third-order valence-corrected chi connectivity index (χ3v) is 4.43. The number of hydrogen-bond donors (Lipinski definition) is 0. The van der Waals surface area contributed by atoms with Crippen LogP contribution in [-0.4, -0.2) is 53.5 Å². The molecular formula is C17H23N3O. The molecule has 0 unspecified atom stereocenters. The second-order valence-corrected chi connectivity index (χ2v) is 6.00. The summed E-state index contributed by atoms with van der Waals surface area (Å²) in [5, 5.41) is 1.25. The van der Waals surface area contributed by atoms with E-state index in [0.29, 0.717) is 6.42 Å². The molecule has 0 spiro atoms. The lowest BCUT2D eigenvalue weighted by atomic mass is 10.1. The predicted octanol–water partition coefficient (Wildman–Crippen LogP) is 1.88. The topological polar surface area (TPSA) is 28.5 Å². The van der Waals surface area contributed by atoms with Crippen LogP contribution in [0.1, 0.15) is 12.0 Å². The summed E-state index contributed by atoms with van der Waals surface area (Å²) in [6.45, 7) is 3.71. The average Bonchev–Trinajstić information content (AvgIpc) is 2.86. The first-order valence-corrected chi connectivity index (χ1v) is 7.64. The lowest BCUT2D eigenvalue weighted by Crippen LogP contribution is -2.47. The summed E-state index contributed by atoms with van der Waals surface area (Å²) in [5.41, 5.74) is 2.49. The molecule has 4 heteroatoms.